The van der Waals surface area contributed by atoms with Gasteiger partial charge >= 0.3 is 0 Å². The van der Waals surface area contributed by atoms with Crippen LogP contribution in [0.4, 0.5) is 0 Å². The molecule has 0 saturated carbocycles. The van der Waals surface area contributed by atoms with Crippen LogP contribution in [0.3, 0.4) is 0 Å². The quantitative estimate of drug-likeness (QED) is 0.596. The van der Waals surface area contributed by atoms with E-state index in [0.29, 0.717) is 5.78 Å². The van der Waals surface area contributed by atoms with Gasteiger partial charge in [0.2, 0.25) is 0 Å². The number of ketones is 1. The third kappa shape index (κ3) is 5.15. The van der Waals surface area contributed by atoms with Gasteiger partial charge < -0.3 is 0 Å². The fourth-order valence-electron chi connectivity index (χ4n) is 2.10. The lowest BCUT2D eigenvalue weighted by molar-refractivity contribution is -0.116. The molecule has 0 aliphatic heterocycles. The summed E-state index contributed by atoms with van der Waals surface area (Å²) < 4.78 is 0. The van der Waals surface area contributed by atoms with Crippen LogP contribution < -0.4 is 0 Å². The van der Waals surface area contributed by atoms with Crippen molar-refractivity contribution in [1.82, 2.24) is 0 Å². The lowest BCUT2D eigenvalue weighted by atomic mass is 9.93. The molecule has 1 nitrogen and oxygen atoms in total. The maximum atomic E-state index is 11.5. The molecule has 0 heterocycles. The Kier molecular flexibility index (Phi) is 5.67. The van der Waals surface area contributed by atoms with Gasteiger partial charge in [-0.3, -0.25) is 4.79 Å². The summed E-state index contributed by atoms with van der Waals surface area (Å²) in [5.74, 6) is 1.23. The minimum atomic E-state index is 0.408. The Balaban J connectivity index is 2.09. The maximum Gasteiger partial charge on any atom is 0.158 e. The molecule has 0 radical (unpaired) electrons. The summed E-state index contributed by atoms with van der Waals surface area (Å²) in [6, 6.07) is 0. The van der Waals surface area contributed by atoms with Gasteiger partial charge in [0, 0.05) is 6.42 Å². The lowest BCUT2D eigenvalue weighted by Gasteiger charge is -2.11. The molecular weight excluding hydrogens is 184 g/mol. The van der Waals surface area contributed by atoms with E-state index in [9.17, 15) is 4.79 Å². The number of allylic oxidation sites excluding steroid dienone is 2. The van der Waals surface area contributed by atoms with E-state index in [2.05, 4.69) is 19.9 Å². The van der Waals surface area contributed by atoms with Crippen LogP contribution in [0.25, 0.3) is 0 Å². The van der Waals surface area contributed by atoms with E-state index in [-0.39, 0.29) is 0 Å². The van der Waals surface area contributed by atoms with E-state index in [1.807, 2.05) is 0 Å². The minimum Gasteiger partial charge on any atom is -0.295 e. The monoisotopic (exact) mass is 208 g/mol. The Morgan fingerprint density at radius 1 is 1.27 bits per heavy atom. The molecule has 1 aliphatic carbocycles. The molecule has 1 rings (SSSR count). The first kappa shape index (κ1) is 12.5. The largest absolute Gasteiger partial charge is 0.295 e. The van der Waals surface area contributed by atoms with Gasteiger partial charge in [-0.2, -0.15) is 0 Å². The van der Waals surface area contributed by atoms with Gasteiger partial charge in [0.15, 0.2) is 5.78 Å². The van der Waals surface area contributed by atoms with Crippen molar-refractivity contribution in [1.29, 1.82) is 0 Å². The molecular formula is C14H24O. The van der Waals surface area contributed by atoms with Crippen molar-refractivity contribution in [3.8, 4) is 0 Å². The maximum absolute atomic E-state index is 11.5. The Morgan fingerprint density at radius 2 is 2.07 bits per heavy atom. The number of Topliss-reactive ketones (excluding diaryl/α,β-unsaturated/α-hetero) is 1. The molecule has 0 aromatic heterocycles. The van der Waals surface area contributed by atoms with Crippen LogP contribution in [-0.4, -0.2) is 5.78 Å². The molecule has 0 aromatic rings. The van der Waals surface area contributed by atoms with E-state index in [1.54, 1.807) is 0 Å². The standard InChI is InChI=1S/C14H24O/c1-12(2)8-4-3-5-9-13-10-6-7-11-14(13)15/h10,12H,3-9,11H2,1-2H3. The summed E-state index contributed by atoms with van der Waals surface area (Å²) in [5.41, 5.74) is 1.12. The Labute approximate surface area is 93.9 Å². The fourth-order valence-corrected chi connectivity index (χ4v) is 2.10. The molecule has 0 bridgehead atoms. The second kappa shape index (κ2) is 6.81. The van der Waals surface area contributed by atoms with Crippen molar-refractivity contribution in [2.75, 3.05) is 0 Å². The number of rotatable bonds is 6. The Morgan fingerprint density at radius 3 is 2.73 bits per heavy atom. The van der Waals surface area contributed by atoms with Crippen molar-refractivity contribution in [2.45, 2.75) is 65.2 Å². The van der Waals surface area contributed by atoms with Gasteiger partial charge in [-0.15, -0.1) is 0 Å². The van der Waals surface area contributed by atoms with Gasteiger partial charge in [0.05, 0.1) is 0 Å². The fraction of sp³-hybridized carbons (Fsp3) is 0.786. The van der Waals surface area contributed by atoms with E-state index in [0.717, 1.165) is 37.2 Å². The summed E-state index contributed by atoms with van der Waals surface area (Å²) in [6.07, 6.45) is 11.3. The van der Waals surface area contributed by atoms with Crippen LogP contribution in [0.15, 0.2) is 11.6 Å². The van der Waals surface area contributed by atoms with Crippen molar-refractivity contribution in [2.24, 2.45) is 5.92 Å². The first-order valence-electron chi connectivity index (χ1n) is 6.42. The zero-order valence-corrected chi connectivity index (χ0v) is 10.2. The molecule has 0 fully saturated rings. The van der Waals surface area contributed by atoms with Crippen LogP contribution in [0.2, 0.25) is 0 Å². The van der Waals surface area contributed by atoms with Gasteiger partial charge in [-0.1, -0.05) is 39.2 Å². The topological polar surface area (TPSA) is 17.1 Å². The normalized spacial score (nSPS) is 17.0. The predicted molar refractivity (Wildman–Crippen MR) is 64.9 cm³/mol. The predicted octanol–water partition coefficient (Wildman–Crippen LogP) is 4.27. The van der Waals surface area contributed by atoms with Crippen molar-refractivity contribution in [3.05, 3.63) is 11.6 Å². The first-order chi connectivity index (χ1) is 7.20. The summed E-state index contributed by atoms with van der Waals surface area (Å²) in [6.45, 7) is 4.54. The van der Waals surface area contributed by atoms with Gasteiger partial charge in [0.1, 0.15) is 0 Å². The molecule has 0 spiro atoms. The molecule has 15 heavy (non-hydrogen) atoms. The van der Waals surface area contributed by atoms with Gasteiger partial charge in [-0.25, -0.2) is 0 Å². The average Bonchev–Trinajstić information content (AvgIpc) is 2.20. The molecule has 0 amide bonds. The SMILES string of the molecule is CC(C)CCCCCC1=CCCCC1=O. The van der Waals surface area contributed by atoms with Crippen LogP contribution in [0, 0.1) is 5.92 Å². The van der Waals surface area contributed by atoms with Crippen LogP contribution >= 0.6 is 0 Å². The smallest absolute Gasteiger partial charge is 0.158 e. The lowest BCUT2D eigenvalue weighted by Crippen LogP contribution is -2.06. The van der Waals surface area contributed by atoms with Crippen molar-refractivity contribution >= 4 is 5.78 Å². The van der Waals surface area contributed by atoms with Crippen molar-refractivity contribution in [3.63, 3.8) is 0 Å². The number of carbonyl (C=O) groups excluding carboxylic acids is 1. The Hall–Kier alpha value is -0.590. The number of carbonyl (C=O) groups is 1. The Bertz CT molecular complexity index is 225. The summed E-state index contributed by atoms with van der Waals surface area (Å²) in [4.78, 5) is 11.5. The number of hydrogen-bond acceptors (Lipinski definition) is 1. The van der Waals surface area contributed by atoms with E-state index in [1.165, 1.54) is 25.7 Å². The first-order valence-corrected chi connectivity index (χ1v) is 6.42. The third-order valence-corrected chi connectivity index (χ3v) is 3.08. The van der Waals surface area contributed by atoms with Crippen LogP contribution in [0.1, 0.15) is 65.2 Å². The highest BCUT2D eigenvalue weighted by molar-refractivity contribution is 5.95. The average molecular weight is 208 g/mol. The molecule has 0 unspecified atom stereocenters. The molecule has 1 aliphatic rings. The second-order valence-electron chi connectivity index (χ2n) is 5.04. The molecule has 0 saturated heterocycles. The summed E-state index contributed by atoms with van der Waals surface area (Å²) in [7, 11) is 0. The molecule has 1 heteroatoms. The highest BCUT2D eigenvalue weighted by atomic mass is 16.1. The third-order valence-electron chi connectivity index (χ3n) is 3.08. The summed E-state index contributed by atoms with van der Waals surface area (Å²) in [5, 5.41) is 0. The zero-order valence-electron chi connectivity index (χ0n) is 10.2. The highest BCUT2D eigenvalue weighted by Gasteiger charge is 2.12. The molecule has 0 N–H and O–H groups in total. The van der Waals surface area contributed by atoms with Crippen molar-refractivity contribution < 1.29 is 4.79 Å². The molecule has 0 atom stereocenters. The van der Waals surface area contributed by atoms with Gasteiger partial charge in [-0.05, 0) is 37.2 Å². The van der Waals surface area contributed by atoms with Gasteiger partial charge in [0.25, 0.3) is 0 Å². The highest BCUT2D eigenvalue weighted by Crippen LogP contribution is 2.20. The molecule has 86 valence electrons. The van der Waals surface area contributed by atoms with E-state index < -0.39 is 0 Å². The number of hydrogen-bond donors (Lipinski definition) is 0. The van der Waals surface area contributed by atoms with E-state index >= 15 is 0 Å². The number of unbranched alkanes of at least 4 members (excludes halogenated alkanes) is 2. The zero-order chi connectivity index (χ0) is 11.1. The summed E-state index contributed by atoms with van der Waals surface area (Å²) >= 11 is 0. The second-order valence-corrected chi connectivity index (χ2v) is 5.04. The van der Waals surface area contributed by atoms with Crippen LogP contribution in [-0.2, 0) is 4.79 Å². The van der Waals surface area contributed by atoms with Crippen LogP contribution in [0.5, 0.6) is 0 Å². The van der Waals surface area contributed by atoms with E-state index in [4.69, 9.17) is 0 Å². The molecule has 0 aromatic carbocycles. The minimum absolute atomic E-state index is 0.408.